The Morgan fingerprint density at radius 3 is 2.33 bits per heavy atom. The van der Waals surface area contributed by atoms with Crippen LogP contribution in [0.4, 0.5) is 11.4 Å². The van der Waals surface area contributed by atoms with Gasteiger partial charge in [0, 0.05) is 17.8 Å². The van der Waals surface area contributed by atoms with Crippen LogP contribution in [-0.4, -0.2) is 23.0 Å². The molecule has 140 valence electrons. The van der Waals surface area contributed by atoms with Crippen molar-refractivity contribution >= 4 is 29.4 Å². The average molecular weight is 368 g/mol. The first-order valence-corrected chi connectivity index (χ1v) is 8.47. The maximum atomic E-state index is 11.9. The van der Waals surface area contributed by atoms with Crippen molar-refractivity contribution in [2.75, 3.05) is 5.32 Å². The summed E-state index contributed by atoms with van der Waals surface area (Å²) >= 11 is 0. The van der Waals surface area contributed by atoms with Crippen LogP contribution in [0.15, 0.2) is 53.6 Å². The maximum absolute atomic E-state index is 11.9. The molecule has 2 N–H and O–H groups in total. The van der Waals surface area contributed by atoms with Crippen molar-refractivity contribution in [1.29, 1.82) is 0 Å². The number of hydrogen-bond donors (Lipinski definition) is 2. The van der Waals surface area contributed by atoms with Crippen LogP contribution in [0.25, 0.3) is 0 Å². The van der Waals surface area contributed by atoms with Crippen molar-refractivity contribution < 1.29 is 14.5 Å². The zero-order valence-corrected chi connectivity index (χ0v) is 14.8. The van der Waals surface area contributed by atoms with Gasteiger partial charge >= 0.3 is 11.8 Å². The number of nitrogens with one attached hydrogen (secondary N) is 2. The average Bonchev–Trinajstić information content (AvgIpc) is 2.67. The predicted octanol–water partition coefficient (Wildman–Crippen LogP) is 3.03. The molecule has 27 heavy (non-hydrogen) atoms. The summed E-state index contributed by atoms with van der Waals surface area (Å²) in [6.07, 6.45) is 4.47. The number of carbonyl (C=O) groups excluding carboxylic acids is 2. The van der Waals surface area contributed by atoms with Gasteiger partial charge in [-0.25, -0.2) is 5.43 Å². The smallest absolute Gasteiger partial charge is 0.318 e. The number of amides is 2. The number of nitro groups is 1. The van der Waals surface area contributed by atoms with Crippen LogP contribution in [0, 0.1) is 10.1 Å². The lowest BCUT2D eigenvalue weighted by Crippen LogP contribution is -2.32. The third-order valence-corrected chi connectivity index (χ3v) is 3.72. The zero-order valence-electron chi connectivity index (χ0n) is 14.8. The number of benzene rings is 2. The van der Waals surface area contributed by atoms with Gasteiger partial charge in [0.25, 0.3) is 5.69 Å². The maximum Gasteiger partial charge on any atom is 0.329 e. The van der Waals surface area contributed by atoms with E-state index in [0.717, 1.165) is 19.3 Å². The molecule has 0 saturated carbocycles. The van der Waals surface area contributed by atoms with Crippen LogP contribution >= 0.6 is 0 Å². The monoisotopic (exact) mass is 368 g/mol. The normalized spacial score (nSPS) is 10.6. The second-order valence-corrected chi connectivity index (χ2v) is 5.80. The Bertz CT molecular complexity index is 830. The molecule has 0 spiro atoms. The van der Waals surface area contributed by atoms with Crippen LogP contribution in [-0.2, 0) is 16.0 Å². The van der Waals surface area contributed by atoms with Crippen molar-refractivity contribution in [2.24, 2.45) is 5.10 Å². The summed E-state index contributed by atoms with van der Waals surface area (Å²) in [4.78, 5) is 33.7. The van der Waals surface area contributed by atoms with Gasteiger partial charge in [-0.1, -0.05) is 25.5 Å². The number of anilines is 1. The highest BCUT2D eigenvalue weighted by Crippen LogP contribution is 2.12. The van der Waals surface area contributed by atoms with Crippen molar-refractivity contribution in [3.8, 4) is 0 Å². The van der Waals surface area contributed by atoms with E-state index in [1.165, 1.54) is 36.0 Å². The zero-order chi connectivity index (χ0) is 19.6. The first kappa shape index (κ1) is 19.8. The second kappa shape index (κ2) is 9.81. The molecule has 0 aliphatic heterocycles. The Morgan fingerprint density at radius 2 is 1.74 bits per heavy atom. The summed E-state index contributed by atoms with van der Waals surface area (Å²) in [5.74, 6) is -1.75. The van der Waals surface area contributed by atoms with E-state index >= 15 is 0 Å². The summed E-state index contributed by atoms with van der Waals surface area (Å²) in [6, 6.07) is 12.9. The van der Waals surface area contributed by atoms with E-state index in [-0.39, 0.29) is 5.69 Å². The third kappa shape index (κ3) is 6.35. The number of nitrogens with zero attached hydrogens (tertiary/aromatic N) is 2. The van der Waals surface area contributed by atoms with Crippen LogP contribution in [0.5, 0.6) is 0 Å². The number of unbranched alkanes of at least 4 members (excludes halogenated alkanes) is 1. The van der Waals surface area contributed by atoms with Crippen molar-refractivity contribution in [3.05, 3.63) is 69.8 Å². The molecule has 2 aromatic carbocycles. The van der Waals surface area contributed by atoms with E-state index in [4.69, 9.17) is 0 Å². The lowest BCUT2D eigenvalue weighted by Gasteiger charge is -2.05. The van der Waals surface area contributed by atoms with Gasteiger partial charge < -0.3 is 5.32 Å². The minimum Gasteiger partial charge on any atom is -0.318 e. The Balaban J connectivity index is 1.84. The summed E-state index contributed by atoms with van der Waals surface area (Å²) in [5.41, 5.74) is 4.31. The fraction of sp³-hybridized carbons (Fsp3) is 0.211. The molecule has 8 nitrogen and oxygen atoms in total. The quantitative estimate of drug-likeness (QED) is 0.338. The standard InChI is InChI=1S/C19H20N4O4/c1-2-3-4-14-5-9-16(10-6-14)21-18(24)19(25)22-20-13-15-7-11-17(12-8-15)23(26)27/h5-13H,2-4H2,1H3,(H,21,24)(H,22,25)/b20-13-. The van der Waals surface area contributed by atoms with Gasteiger partial charge in [0.05, 0.1) is 11.1 Å². The fourth-order valence-corrected chi connectivity index (χ4v) is 2.22. The van der Waals surface area contributed by atoms with Crippen LogP contribution in [0.1, 0.15) is 30.9 Å². The molecule has 0 radical (unpaired) electrons. The Labute approximate surface area is 156 Å². The molecule has 2 rings (SSSR count). The molecule has 0 heterocycles. The first-order valence-electron chi connectivity index (χ1n) is 8.47. The topological polar surface area (TPSA) is 114 Å². The van der Waals surface area contributed by atoms with Gasteiger partial charge in [-0.3, -0.25) is 19.7 Å². The minimum atomic E-state index is -0.914. The highest BCUT2D eigenvalue weighted by Gasteiger charge is 2.12. The number of non-ortho nitro benzene ring substituents is 1. The van der Waals surface area contributed by atoms with Gasteiger partial charge in [-0.05, 0) is 48.2 Å². The first-order chi connectivity index (χ1) is 13.0. The van der Waals surface area contributed by atoms with E-state index in [9.17, 15) is 19.7 Å². The largest absolute Gasteiger partial charge is 0.329 e. The molecule has 8 heteroatoms. The van der Waals surface area contributed by atoms with Crippen LogP contribution in [0.2, 0.25) is 0 Å². The molecular weight excluding hydrogens is 348 g/mol. The molecule has 0 atom stereocenters. The second-order valence-electron chi connectivity index (χ2n) is 5.80. The van der Waals surface area contributed by atoms with E-state index in [1.807, 2.05) is 12.1 Å². The van der Waals surface area contributed by atoms with Gasteiger partial charge in [0.2, 0.25) is 0 Å². The van der Waals surface area contributed by atoms with E-state index < -0.39 is 16.7 Å². The summed E-state index contributed by atoms with van der Waals surface area (Å²) in [6.45, 7) is 2.12. The molecule has 2 amide bonds. The van der Waals surface area contributed by atoms with Gasteiger partial charge in [0.1, 0.15) is 0 Å². The number of carbonyl (C=O) groups is 2. The fourth-order valence-electron chi connectivity index (χ4n) is 2.22. The number of hydrogen-bond acceptors (Lipinski definition) is 5. The summed E-state index contributed by atoms with van der Waals surface area (Å²) < 4.78 is 0. The molecule has 0 aliphatic rings. The minimum absolute atomic E-state index is 0.0451. The molecule has 0 aromatic heterocycles. The van der Waals surface area contributed by atoms with Crippen molar-refractivity contribution in [2.45, 2.75) is 26.2 Å². The lowest BCUT2D eigenvalue weighted by atomic mass is 10.1. The number of hydrazone groups is 1. The van der Waals surface area contributed by atoms with E-state index in [1.54, 1.807) is 12.1 Å². The molecule has 0 saturated heterocycles. The molecule has 0 unspecified atom stereocenters. The Morgan fingerprint density at radius 1 is 1.07 bits per heavy atom. The summed E-state index contributed by atoms with van der Waals surface area (Å²) in [7, 11) is 0. The van der Waals surface area contributed by atoms with Crippen molar-refractivity contribution in [1.82, 2.24) is 5.43 Å². The molecule has 0 aliphatic carbocycles. The molecular formula is C19H20N4O4. The lowest BCUT2D eigenvalue weighted by molar-refractivity contribution is -0.384. The highest BCUT2D eigenvalue weighted by atomic mass is 16.6. The third-order valence-electron chi connectivity index (χ3n) is 3.72. The van der Waals surface area contributed by atoms with Gasteiger partial charge in [0.15, 0.2) is 0 Å². The molecule has 2 aromatic rings. The van der Waals surface area contributed by atoms with Crippen LogP contribution < -0.4 is 10.7 Å². The summed E-state index contributed by atoms with van der Waals surface area (Å²) in [5, 5.41) is 16.7. The Hall–Kier alpha value is -3.55. The number of rotatable bonds is 7. The van der Waals surface area contributed by atoms with Crippen molar-refractivity contribution in [3.63, 3.8) is 0 Å². The van der Waals surface area contributed by atoms with Crippen LogP contribution in [0.3, 0.4) is 0 Å². The van der Waals surface area contributed by atoms with E-state index in [2.05, 4.69) is 22.8 Å². The predicted molar refractivity (Wildman–Crippen MR) is 103 cm³/mol. The molecule has 0 fully saturated rings. The number of nitro benzene ring substituents is 1. The van der Waals surface area contributed by atoms with E-state index in [0.29, 0.717) is 11.3 Å². The highest BCUT2D eigenvalue weighted by molar-refractivity contribution is 6.39. The Kier molecular flexibility index (Phi) is 7.18. The molecule has 0 bridgehead atoms. The van der Waals surface area contributed by atoms with Gasteiger partial charge in [-0.2, -0.15) is 5.10 Å². The SMILES string of the molecule is CCCCc1ccc(NC(=O)C(=O)N/N=C\c2ccc([N+](=O)[O-])cc2)cc1. The van der Waals surface area contributed by atoms with Gasteiger partial charge in [-0.15, -0.1) is 0 Å². The number of aryl methyl sites for hydroxylation is 1.